The molecule has 11 heteroatoms. The molecule has 3 aromatic rings. The van der Waals surface area contributed by atoms with Gasteiger partial charge < -0.3 is 35.0 Å². The average molecular weight is 480 g/mol. The molecular weight excluding hydrogens is 446 g/mol. The zero-order chi connectivity index (χ0) is 24.5. The number of piperazine rings is 1. The number of anilines is 4. The maximum Gasteiger partial charge on any atom is 0.404 e. The zero-order valence-electron chi connectivity index (χ0n) is 20.5. The first-order valence-electron chi connectivity index (χ1n) is 12.2. The van der Waals surface area contributed by atoms with Crippen LogP contribution in [0.2, 0.25) is 0 Å². The normalized spacial score (nSPS) is 19.0. The monoisotopic (exact) mass is 479 g/mol. The van der Waals surface area contributed by atoms with Crippen LogP contribution in [-0.2, 0) is 0 Å². The minimum atomic E-state index is -1.01. The fraction of sp³-hybridized carbons (Fsp3) is 0.500. The van der Waals surface area contributed by atoms with E-state index in [0.717, 1.165) is 37.5 Å². The molecule has 1 amide bonds. The van der Waals surface area contributed by atoms with Gasteiger partial charge in [-0.05, 0) is 51.6 Å². The fourth-order valence-corrected chi connectivity index (χ4v) is 4.70. The van der Waals surface area contributed by atoms with Crippen LogP contribution in [0, 0.1) is 0 Å². The van der Waals surface area contributed by atoms with E-state index in [1.165, 1.54) is 5.69 Å². The molecule has 5 rings (SSSR count). The molecule has 186 valence electrons. The second kappa shape index (κ2) is 9.57. The summed E-state index contributed by atoms with van der Waals surface area (Å²) < 4.78 is 2.03. The van der Waals surface area contributed by atoms with Crippen molar-refractivity contribution < 1.29 is 9.90 Å². The molecule has 0 aliphatic carbocycles. The van der Waals surface area contributed by atoms with Gasteiger partial charge in [-0.1, -0.05) is 0 Å². The molecule has 4 heterocycles. The highest BCUT2D eigenvalue weighted by molar-refractivity contribution is 5.87. The number of carboxylic acid groups (broad SMARTS) is 1. The Morgan fingerprint density at radius 1 is 1.06 bits per heavy atom. The number of hydrogen-bond donors (Lipinski definition) is 3. The van der Waals surface area contributed by atoms with E-state index in [4.69, 9.17) is 15.1 Å². The molecule has 0 radical (unpaired) electrons. The Balaban J connectivity index is 1.41. The van der Waals surface area contributed by atoms with Crippen LogP contribution in [-0.4, -0.2) is 88.0 Å². The summed E-state index contributed by atoms with van der Waals surface area (Å²) in [5.74, 6) is 1.22. The SMILES string of the molecule is CC(C)n1cnc2c(Nc3ccc(N4CCN(C)CC4)cc3)nc(N3CCC(NC(=O)O)C3)nc21. The third kappa shape index (κ3) is 4.95. The lowest BCUT2D eigenvalue weighted by Crippen LogP contribution is -2.44. The topological polar surface area (TPSA) is 115 Å². The molecular formula is C24H33N9O2. The van der Waals surface area contributed by atoms with Crippen LogP contribution in [0.4, 0.5) is 27.9 Å². The fourth-order valence-electron chi connectivity index (χ4n) is 4.70. The molecule has 2 fully saturated rings. The maximum absolute atomic E-state index is 11.1. The molecule has 1 unspecified atom stereocenters. The van der Waals surface area contributed by atoms with Crippen LogP contribution in [0.15, 0.2) is 30.6 Å². The number of rotatable bonds is 6. The summed E-state index contributed by atoms with van der Waals surface area (Å²) in [7, 11) is 2.16. The number of imidazole rings is 1. The lowest BCUT2D eigenvalue weighted by atomic mass is 10.2. The van der Waals surface area contributed by atoms with Crippen molar-refractivity contribution in [3.05, 3.63) is 30.6 Å². The summed E-state index contributed by atoms with van der Waals surface area (Å²) in [4.78, 5) is 32.1. The lowest BCUT2D eigenvalue weighted by Gasteiger charge is -2.34. The summed E-state index contributed by atoms with van der Waals surface area (Å²) in [5.41, 5.74) is 3.62. The highest BCUT2D eigenvalue weighted by Crippen LogP contribution is 2.29. The van der Waals surface area contributed by atoms with Gasteiger partial charge in [-0.25, -0.2) is 9.78 Å². The number of fused-ring (bicyclic) bond motifs is 1. The number of nitrogens with zero attached hydrogens (tertiary/aromatic N) is 7. The molecule has 1 aromatic carbocycles. The highest BCUT2D eigenvalue weighted by Gasteiger charge is 2.27. The van der Waals surface area contributed by atoms with Crippen molar-refractivity contribution in [1.29, 1.82) is 0 Å². The van der Waals surface area contributed by atoms with E-state index in [1.54, 1.807) is 6.33 Å². The number of nitrogens with one attached hydrogen (secondary N) is 2. The third-order valence-electron chi connectivity index (χ3n) is 6.76. The second-order valence-electron chi connectivity index (χ2n) is 9.63. The van der Waals surface area contributed by atoms with Gasteiger partial charge >= 0.3 is 6.09 Å². The Kier molecular flexibility index (Phi) is 6.33. The largest absolute Gasteiger partial charge is 0.465 e. The minimum absolute atomic E-state index is 0.139. The van der Waals surface area contributed by atoms with Gasteiger partial charge in [0.15, 0.2) is 17.0 Å². The summed E-state index contributed by atoms with van der Waals surface area (Å²) in [6.07, 6.45) is 1.51. The van der Waals surface area contributed by atoms with E-state index in [9.17, 15) is 4.79 Å². The van der Waals surface area contributed by atoms with Gasteiger partial charge in [-0.3, -0.25) is 0 Å². The molecule has 2 aliphatic heterocycles. The van der Waals surface area contributed by atoms with Gasteiger partial charge in [0.25, 0.3) is 0 Å². The van der Waals surface area contributed by atoms with Crippen molar-refractivity contribution in [2.75, 3.05) is 61.4 Å². The van der Waals surface area contributed by atoms with Gasteiger partial charge in [-0.2, -0.15) is 9.97 Å². The smallest absolute Gasteiger partial charge is 0.404 e. The van der Waals surface area contributed by atoms with Crippen molar-refractivity contribution in [2.24, 2.45) is 0 Å². The molecule has 0 saturated carbocycles. The molecule has 2 aromatic heterocycles. The minimum Gasteiger partial charge on any atom is -0.465 e. The van der Waals surface area contributed by atoms with Crippen molar-refractivity contribution in [1.82, 2.24) is 29.7 Å². The summed E-state index contributed by atoms with van der Waals surface area (Å²) in [6, 6.07) is 8.48. The molecule has 1 atom stereocenters. The number of likely N-dealkylation sites (N-methyl/N-ethyl adjacent to an activating group) is 1. The van der Waals surface area contributed by atoms with Gasteiger partial charge in [0.2, 0.25) is 5.95 Å². The molecule has 0 bridgehead atoms. The van der Waals surface area contributed by atoms with E-state index in [-0.39, 0.29) is 12.1 Å². The number of carbonyl (C=O) groups is 1. The Labute approximate surface area is 204 Å². The Hall–Kier alpha value is -3.60. The van der Waals surface area contributed by atoms with Crippen LogP contribution in [0.1, 0.15) is 26.3 Å². The van der Waals surface area contributed by atoms with E-state index < -0.39 is 6.09 Å². The average Bonchev–Trinajstić information content (AvgIpc) is 3.47. The van der Waals surface area contributed by atoms with Crippen molar-refractivity contribution in [3.63, 3.8) is 0 Å². The summed E-state index contributed by atoms with van der Waals surface area (Å²) in [6.45, 7) is 9.60. The number of aromatic nitrogens is 4. The van der Waals surface area contributed by atoms with Gasteiger partial charge in [0.1, 0.15) is 0 Å². The Morgan fingerprint density at radius 3 is 2.49 bits per heavy atom. The summed E-state index contributed by atoms with van der Waals surface area (Å²) >= 11 is 0. The number of benzene rings is 1. The van der Waals surface area contributed by atoms with Crippen LogP contribution >= 0.6 is 0 Å². The quantitative estimate of drug-likeness (QED) is 0.491. The van der Waals surface area contributed by atoms with E-state index in [0.29, 0.717) is 36.8 Å². The number of amides is 1. The van der Waals surface area contributed by atoms with E-state index >= 15 is 0 Å². The van der Waals surface area contributed by atoms with Crippen LogP contribution in [0.5, 0.6) is 0 Å². The predicted molar refractivity (Wildman–Crippen MR) is 137 cm³/mol. The molecule has 11 nitrogen and oxygen atoms in total. The van der Waals surface area contributed by atoms with Crippen LogP contribution in [0.25, 0.3) is 11.2 Å². The summed E-state index contributed by atoms with van der Waals surface area (Å²) in [5, 5.41) is 15.1. The van der Waals surface area contributed by atoms with E-state index in [1.807, 2.05) is 9.47 Å². The molecule has 2 saturated heterocycles. The van der Waals surface area contributed by atoms with Crippen molar-refractivity contribution >= 4 is 40.4 Å². The standard InChI is InChI=1S/C24H33N9O2/c1-16(2)33-15-25-20-21(26-17-4-6-19(7-5-17)31-12-10-30(3)11-13-31)28-23(29-22(20)33)32-9-8-18(14-32)27-24(34)35/h4-7,15-16,18,27H,8-14H2,1-3H3,(H,34,35)(H,26,28,29). The van der Waals surface area contributed by atoms with Gasteiger partial charge in [-0.15, -0.1) is 0 Å². The van der Waals surface area contributed by atoms with E-state index in [2.05, 4.69) is 70.6 Å². The zero-order valence-corrected chi connectivity index (χ0v) is 20.5. The highest BCUT2D eigenvalue weighted by atomic mass is 16.4. The van der Waals surface area contributed by atoms with Crippen molar-refractivity contribution in [2.45, 2.75) is 32.4 Å². The van der Waals surface area contributed by atoms with Crippen molar-refractivity contribution in [3.8, 4) is 0 Å². The number of hydrogen-bond acceptors (Lipinski definition) is 8. The molecule has 2 aliphatic rings. The van der Waals surface area contributed by atoms with Crippen LogP contribution in [0.3, 0.4) is 0 Å². The first kappa shape index (κ1) is 23.2. The first-order valence-corrected chi connectivity index (χ1v) is 12.2. The third-order valence-corrected chi connectivity index (χ3v) is 6.76. The lowest BCUT2D eigenvalue weighted by molar-refractivity contribution is 0.191. The molecule has 0 spiro atoms. The maximum atomic E-state index is 11.1. The Bertz CT molecular complexity index is 1190. The molecule has 35 heavy (non-hydrogen) atoms. The second-order valence-corrected chi connectivity index (χ2v) is 9.63. The van der Waals surface area contributed by atoms with Gasteiger partial charge in [0.05, 0.1) is 12.4 Å². The van der Waals surface area contributed by atoms with Gasteiger partial charge in [0, 0.05) is 56.7 Å². The Morgan fingerprint density at radius 2 is 1.80 bits per heavy atom. The van der Waals surface area contributed by atoms with Crippen LogP contribution < -0.4 is 20.4 Å². The predicted octanol–water partition coefficient (Wildman–Crippen LogP) is 2.75. The first-order chi connectivity index (χ1) is 16.9. The molecule has 3 N–H and O–H groups in total.